The van der Waals surface area contributed by atoms with Gasteiger partial charge in [-0.3, -0.25) is 4.79 Å². The number of rotatable bonds is 2. The van der Waals surface area contributed by atoms with Crippen LogP contribution in [0.1, 0.15) is 17.9 Å². The number of hydrogen-bond acceptors (Lipinski definition) is 1. The predicted molar refractivity (Wildman–Crippen MR) is 71.1 cm³/mol. The summed E-state index contributed by atoms with van der Waals surface area (Å²) < 4.78 is 0. The molecular weight excluding hydrogens is 271 g/mol. The number of halogens is 2. The quantitative estimate of drug-likeness (QED) is 0.833. The van der Waals surface area contributed by atoms with E-state index in [4.69, 9.17) is 23.2 Å². The number of carboxylic acids is 1. The van der Waals surface area contributed by atoms with Crippen LogP contribution in [0.25, 0.3) is 0 Å². The van der Waals surface area contributed by atoms with Gasteiger partial charge >= 0.3 is 5.97 Å². The van der Waals surface area contributed by atoms with Gasteiger partial charge in [-0.05, 0) is 36.0 Å². The molecule has 2 aliphatic rings. The van der Waals surface area contributed by atoms with Gasteiger partial charge in [0.15, 0.2) is 0 Å². The summed E-state index contributed by atoms with van der Waals surface area (Å²) in [5, 5.41) is 10.4. The molecule has 2 nitrogen and oxygen atoms in total. The number of aliphatic carboxylic acids is 1. The largest absolute Gasteiger partial charge is 0.481 e. The third kappa shape index (κ3) is 1.75. The Hall–Kier alpha value is -0.990. The molecule has 0 aliphatic heterocycles. The first kappa shape index (κ1) is 12.1. The molecular formula is C14H12Cl2O2. The molecule has 2 aliphatic carbocycles. The zero-order valence-electron chi connectivity index (χ0n) is 9.51. The molecule has 18 heavy (non-hydrogen) atoms. The van der Waals surface area contributed by atoms with Crippen LogP contribution in [0.15, 0.2) is 30.4 Å². The van der Waals surface area contributed by atoms with E-state index in [9.17, 15) is 9.90 Å². The van der Waals surface area contributed by atoms with Crippen molar-refractivity contribution in [3.8, 4) is 0 Å². The van der Waals surface area contributed by atoms with E-state index < -0.39 is 5.97 Å². The van der Waals surface area contributed by atoms with E-state index in [1.165, 1.54) is 0 Å². The molecule has 1 fully saturated rings. The van der Waals surface area contributed by atoms with Crippen LogP contribution in [-0.2, 0) is 4.79 Å². The maximum atomic E-state index is 11.4. The van der Waals surface area contributed by atoms with Crippen LogP contribution in [-0.4, -0.2) is 11.1 Å². The Morgan fingerprint density at radius 2 is 1.89 bits per heavy atom. The van der Waals surface area contributed by atoms with Crippen LogP contribution < -0.4 is 0 Å². The van der Waals surface area contributed by atoms with Crippen LogP contribution in [0.3, 0.4) is 0 Å². The van der Waals surface area contributed by atoms with Crippen molar-refractivity contribution in [1.82, 2.24) is 0 Å². The molecule has 4 atom stereocenters. The summed E-state index contributed by atoms with van der Waals surface area (Å²) >= 11 is 11.9. The van der Waals surface area contributed by atoms with Crippen molar-refractivity contribution >= 4 is 29.2 Å². The Labute approximate surface area is 115 Å². The van der Waals surface area contributed by atoms with Crippen molar-refractivity contribution in [2.75, 3.05) is 0 Å². The molecule has 3 rings (SSSR count). The standard InChI is InChI=1S/C14H12Cl2O2/c15-10-4-3-9(6-11(10)16)12-7-1-2-8(5-7)13(12)14(17)18/h1-4,6-8,12-13H,5H2,(H,17,18)/t7-,8+,12-,13+/m0/s1. The summed E-state index contributed by atoms with van der Waals surface area (Å²) in [6.45, 7) is 0. The van der Waals surface area contributed by atoms with Crippen molar-refractivity contribution < 1.29 is 9.90 Å². The molecule has 1 aromatic carbocycles. The van der Waals surface area contributed by atoms with E-state index >= 15 is 0 Å². The SMILES string of the molecule is O=C(O)[C@H]1[C@H](c2ccc(Cl)c(Cl)c2)[C@H]2C=C[C@@H]1C2. The second-order valence-electron chi connectivity index (χ2n) is 5.01. The van der Waals surface area contributed by atoms with E-state index in [-0.39, 0.29) is 17.8 Å². The molecule has 4 heteroatoms. The van der Waals surface area contributed by atoms with Crippen LogP contribution >= 0.6 is 23.2 Å². The first-order valence-corrected chi connectivity index (χ1v) is 6.69. The molecule has 1 aromatic rings. The molecule has 0 spiro atoms. The highest BCUT2D eigenvalue weighted by Gasteiger charge is 2.48. The van der Waals surface area contributed by atoms with Gasteiger partial charge in [-0.25, -0.2) is 0 Å². The van der Waals surface area contributed by atoms with E-state index in [1.807, 2.05) is 12.1 Å². The monoisotopic (exact) mass is 282 g/mol. The van der Waals surface area contributed by atoms with Crippen molar-refractivity contribution in [1.29, 1.82) is 0 Å². The second kappa shape index (κ2) is 4.29. The maximum absolute atomic E-state index is 11.4. The lowest BCUT2D eigenvalue weighted by Crippen LogP contribution is -2.25. The summed E-state index contributed by atoms with van der Waals surface area (Å²) in [6.07, 6.45) is 5.11. The molecule has 0 radical (unpaired) electrons. The van der Waals surface area contributed by atoms with E-state index in [2.05, 4.69) is 6.08 Å². The Morgan fingerprint density at radius 1 is 1.17 bits per heavy atom. The Kier molecular flexibility index (Phi) is 2.87. The highest BCUT2D eigenvalue weighted by atomic mass is 35.5. The van der Waals surface area contributed by atoms with E-state index in [1.54, 1.807) is 12.1 Å². The maximum Gasteiger partial charge on any atom is 0.307 e. The molecule has 0 aromatic heterocycles. The first-order valence-electron chi connectivity index (χ1n) is 5.94. The normalized spacial score (nSPS) is 33.0. The average Bonchev–Trinajstić information content (AvgIpc) is 2.92. The number of allylic oxidation sites excluding steroid dienone is 2. The Balaban J connectivity index is 2.02. The molecule has 94 valence electrons. The minimum atomic E-state index is -0.720. The van der Waals surface area contributed by atoms with Gasteiger partial charge in [0.05, 0.1) is 16.0 Å². The Bertz CT molecular complexity index is 539. The highest BCUT2D eigenvalue weighted by Crippen LogP contribution is 2.53. The van der Waals surface area contributed by atoms with Gasteiger partial charge in [0.1, 0.15) is 0 Å². The number of carboxylic acid groups (broad SMARTS) is 1. The van der Waals surface area contributed by atoms with Crippen molar-refractivity contribution in [2.45, 2.75) is 12.3 Å². The van der Waals surface area contributed by atoms with Crippen molar-refractivity contribution in [3.63, 3.8) is 0 Å². The minimum Gasteiger partial charge on any atom is -0.481 e. The van der Waals surface area contributed by atoms with Crippen LogP contribution in [0, 0.1) is 17.8 Å². The van der Waals surface area contributed by atoms with Crippen LogP contribution in [0.2, 0.25) is 10.0 Å². The minimum absolute atomic E-state index is 0.0206. The summed E-state index contributed by atoms with van der Waals surface area (Å²) in [4.78, 5) is 11.4. The molecule has 0 amide bonds. The van der Waals surface area contributed by atoms with Gasteiger partial charge in [0.2, 0.25) is 0 Å². The zero-order chi connectivity index (χ0) is 12.9. The lowest BCUT2D eigenvalue weighted by molar-refractivity contribution is -0.143. The van der Waals surface area contributed by atoms with Gasteiger partial charge in [0.25, 0.3) is 0 Å². The topological polar surface area (TPSA) is 37.3 Å². The number of carbonyl (C=O) groups is 1. The van der Waals surface area contributed by atoms with Crippen LogP contribution in [0.5, 0.6) is 0 Å². The van der Waals surface area contributed by atoms with Gasteiger partial charge < -0.3 is 5.11 Å². The fourth-order valence-corrected chi connectivity index (χ4v) is 3.64. The van der Waals surface area contributed by atoms with Gasteiger partial charge in [0, 0.05) is 5.92 Å². The molecule has 0 heterocycles. The van der Waals surface area contributed by atoms with E-state index in [0.717, 1.165) is 12.0 Å². The molecule has 0 saturated heterocycles. The van der Waals surface area contributed by atoms with Crippen LogP contribution in [0.4, 0.5) is 0 Å². The number of hydrogen-bond donors (Lipinski definition) is 1. The Morgan fingerprint density at radius 3 is 2.56 bits per heavy atom. The fraction of sp³-hybridized carbons (Fsp3) is 0.357. The highest BCUT2D eigenvalue weighted by molar-refractivity contribution is 6.42. The lowest BCUT2D eigenvalue weighted by atomic mass is 9.78. The van der Waals surface area contributed by atoms with Gasteiger partial charge in [-0.2, -0.15) is 0 Å². The molecule has 1 saturated carbocycles. The van der Waals surface area contributed by atoms with Gasteiger partial charge in [-0.1, -0.05) is 41.4 Å². The number of benzene rings is 1. The summed E-state index contributed by atoms with van der Waals surface area (Å²) in [5.74, 6) is -0.562. The summed E-state index contributed by atoms with van der Waals surface area (Å²) in [7, 11) is 0. The third-order valence-corrected chi connectivity index (χ3v) is 4.81. The lowest BCUT2D eigenvalue weighted by Gasteiger charge is -2.25. The molecule has 1 N–H and O–H groups in total. The predicted octanol–water partition coefficient (Wildman–Crippen LogP) is 3.98. The summed E-state index contributed by atoms with van der Waals surface area (Å²) in [5.41, 5.74) is 0.980. The third-order valence-electron chi connectivity index (χ3n) is 4.07. The van der Waals surface area contributed by atoms with Gasteiger partial charge in [-0.15, -0.1) is 0 Å². The van der Waals surface area contributed by atoms with Crippen molar-refractivity contribution in [2.24, 2.45) is 17.8 Å². The molecule has 2 bridgehead atoms. The smallest absolute Gasteiger partial charge is 0.307 e. The van der Waals surface area contributed by atoms with Crippen molar-refractivity contribution in [3.05, 3.63) is 46.0 Å². The fourth-order valence-electron chi connectivity index (χ4n) is 3.33. The zero-order valence-corrected chi connectivity index (χ0v) is 11.0. The average molecular weight is 283 g/mol. The van der Waals surface area contributed by atoms with E-state index in [0.29, 0.717) is 16.0 Å². The first-order chi connectivity index (χ1) is 8.58. The second-order valence-corrected chi connectivity index (χ2v) is 5.83. The summed E-state index contributed by atoms with van der Waals surface area (Å²) in [6, 6.07) is 5.44. The number of fused-ring (bicyclic) bond motifs is 2. The molecule has 0 unspecified atom stereocenters.